The predicted molar refractivity (Wildman–Crippen MR) is 41.7 cm³/mol. The summed E-state index contributed by atoms with van der Waals surface area (Å²) < 4.78 is 0. The van der Waals surface area contributed by atoms with Gasteiger partial charge >= 0.3 is 62.6 Å². The van der Waals surface area contributed by atoms with Gasteiger partial charge in [-0.25, -0.2) is 0 Å². The zero-order valence-corrected chi connectivity index (χ0v) is 6.92. The summed E-state index contributed by atoms with van der Waals surface area (Å²) in [5.74, 6) is 0. The van der Waals surface area contributed by atoms with Crippen LogP contribution in [0.3, 0.4) is 0 Å². The summed E-state index contributed by atoms with van der Waals surface area (Å²) in [4.78, 5) is 0. The van der Waals surface area contributed by atoms with Crippen LogP contribution in [0, 0.1) is 0 Å². The third-order valence-corrected chi connectivity index (χ3v) is 1.94. The second-order valence-electron chi connectivity index (χ2n) is 1.86. The summed E-state index contributed by atoms with van der Waals surface area (Å²) >= 11 is 2.51. The van der Waals surface area contributed by atoms with Crippen LogP contribution in [0.25, 0.3) is 0 Å². The van der Waals surface area contributed by atoms with Crippen molar-refractivity contribution in [2.75, 3.05) is 5.73 Å². The minimum atomic E-state index is 0.887. The van der Waals surface area contributed by atoms with Gasteiger partial charge in [-0.15, -0.1) is 0 Å². The molecule has 0 bridgehead atoms. The molecule has 0 saturated carbocycles. The van der Waals surface area contributed by atoms with Crippen LogP contribution in [0.15, 0.2) is 24.3 Å². The Morgan fingerprint density at radius 1 is 1.33 bits per heavy atom. The van der Waals surface area contributed by atoms with Gasteiger partial charge in [0.15, 0.2) is 0 Å². The van der Waals surface area contributed by atoms with Crippen molar-refractivity contribution in [3.05, 3.63) is 29.8 Å². The zero-order chi connectivity index (χ0) is 6.69. The van der Waals surface area contributed by atoms with Gasteiger partial charge in [-0.2, -0.15) is 0 Å². The van der Waals surface area contributed by atoms with Crippen molar-refractivity contribution in [3.63, 3.8) is 0 Å². The van der Waals surface area contributed by atoms with Crippen LogP contribution in [0.5, 0.6) is 0 Å². The summed E-state index contributed by atoms with van der Waals surface area (Å²) in [5.41, 5.74) is 7.71. The van der Waals surface area contributed by atoms with Gasteiger partial charge in [-0.05, 0) is 0 Å². The first-order valence-corrected chi connectivity index (χ1v) is 4.11. The molecule has 0 unspecified atom stereocenters. The van der Waals surface area contributed by atoms with Crippen LogP contribution in [0.2, 0.25) is 0 Å². The average molecular weight is 186 g/mol. The van der Waals surface area contributed by atoms with Gasteiger partial charge in [-0.3, -0.25) is 0 Å². The van der Waals surface area contributed by atoms with Gasteiger partial charge in [0, 0.05) is 0 Å². The summed E-state index contributed by atoms with van der Waals surface area (Å²) in [7, 11) is 0. The van der Waals surface area contributed by atoms with Gasteiger partial charge in [-0.1, -0.05) is 0 Å². The fraction of sp³-hybridized carbons (Fsp3) is 0.143. The Morgan fingerprint density at radius 3 is 2.44 bits per heavy atom. The molecule has 0 amide bonds. The van der Waals surface area contributed by atoms with E-state index in [1.165, 1.54) is 5.56 Å². The van der Waals surface area contributed by atoms with E-state index >= 15 is 0 Å². The van der Waals surface area contributed by atoms with Crippen molar-refractivity contribution in [2.45, 2.75) is 5.32 Å². The molecule has 1 nitrogen and oxygen atoms in total. The van der Waals surface area contributed by atoms with Crippen LogP contribution >= 0.6 is 0 Å². The molecule has 0 atom stereocenters. The average Bonchev–Trinajstić information content (AvgIpc) is 1.89. The van der Waals surface area contributed by atoms with E-state index in [4.69, 9.17) is 5.73 Å². The van der Waals surface area contributed by atoms with Crippen LogP contribution in [-0.2, 0) is 5.32 Å². The van der Waals surface area contributed by atoms with E-state index in [1.54, 1.807) is 0 Å². The third kappa shape index (κ3) is 1.47. The summed E-state index contributed by atoms with van der Waals surface area (Å²) in [6, 6.07) is 7.90. The molecule has 0 radical (unpaired) electrons. The van der Waals surface area contributed by atoms with Gasteiger partial charge in [0.1, 0.15) is 0 Å². The Bertz CT molecular complexity index is 198. The van der Waals surface area contributed by atoms with Crippen molar-refractivity contribution >= 4 is 21.7 Å². The molecular weight excluding hydrogens is 177 g/mol. The maximum absolute atomic E-state index is 5.62. The Hall–Kier alpha value is -0.461. The summed E-state index contributed by atoms with van der Waals surface area (Å²) in [6.45, 7) is 0. The number of anilines is 1. The number of nitrogen functional groups attached to an aromatic ring is 1. The third-order valence-electron chi connectivity index (χ3n) is 1.23. The fourth-order valence-corrected chi connectivity index (χ4v) is 1.28. The number of hydrogen-bond acceptors (Lipinski definition) is 1. The van der Waals surface area contributed by atoms with Crippen LogP contribution < -0.4 is 5.73 Å². The first kappa shape index (κ1) is 6.66. The summed E-state index contributed by atoms with van der Waals surface area (Å²) in [6.07, 6.45) is 0. The molecule has 0 aliphatic carbocycles. The van der Waals surface area contributed by atoms with Crippen molar-refractivity contribution in [1.29, 1.82) is 0 Å². The van der Waals surface area contributed by atoms with Crippen molar-refractivity contribution in [2.24, 2.45) is 0 Å². The Labute approximate surface area is 63.1 Å². The predicted octanol–water partition coefficient (Wildman–Crippen LogP) is 0.670. The standard InChI is InChI=1S/C7H9NSe/c8-7-4-2-1-3-6(7)5-9/h1-4,9H,5,8H2. The van der Waals surface area contributed by atoms with E-state index in [0.29, 0.717) is 0 Å². The molecule has 2 N–H and O–H groups in total. The normalized spacial score (nSPS) is 9.44. The van der Waals surface area contributed by atoms with E-state index in [0.717, 1.165) is 11.0 Å². The van der Waals surface area contributed by atoms with Crippen LogP contribution in [0.1, 0.15) is 5.56 Å². The maximum atomic E-state index is 5.62. The van der Waals surface area contributed by atoms with Gasteiger partial charge in [0.25, 0.3) is 0 Å². The number of para-hydroxylation sites is 1. The molecule has 0 aliphatic heterocycles. The molecule has 1 aromatic rings. The van der Waals surface area contributed by atoms with E-state index in [9.17, 15) is 0 Å². The number of benzene rings is 1. The molecule has 48 valence electrons. The molecule has 2 heteroatoms. The molecule has 9 heavy (non-hydrogen) atoms. The second kappa shape index (κ2) is 2.90. The first-order valence-electron chi connectivity index (χ1n) is 2.79. The monoisotopic (exact) mass is 187 g/mol. The number of hydrogen-bond donors (Lipinski definition) is 1. The van der Waals surface area contributed by atoms with E-state index in [-0.39, 0.29) is 0 Å². The molecule has 1 aromatic carbocycles. The molecule has 0 spiro atoms. The fourth-order valence-electron chi connectivity index (χ4n) is 0.678. The van der Waals surface area contributed by atoms with Gasteiger partial charge in [0.2, 0.25) is 0 Å². The topological polar surface area (TPSA) is 26.0 Å². The quantitative estimate of drug-likeness (QED) is 0.506. The number of nitrogens with two attached hydrogens (primary N) is 1. The molecule has 0 heterocycles. The molecule has 0 aliphatic rings. The molecular formula is C7H9NSe. The van der Waals surface area contributed by atoms with Gasteiger partial charge < -0.3 is 0 Å². The van der Waals surface area contributed by atoms with Crippen molar-refractivity contribution < 1.29 is 0 Å². The van der Waals surface area contributed by atoms with E-state index in [2.05, 4.69) is 16.0 Å². The van der Waals surface area contributed by atoms with Gasteiger partial charge in [0.05, 0.1) is 0 Å². The van der Waals surface area contributed by atoms with E-state index in [1.807, 2.05) is 24.3 Å². The zero-order valence-electron chi connectivity index (χ0n) is 5.04. The number of rotatable bonds is 1. The second-order valence-corrected chi connectivity index (χ2v) is 2.52. The van der Waals surface area contributed by atoms with E-state index < -0.39 is 0 Å². The van der Waals surface area contributed by atoms with Crippen LogP contribution in [-0.4, -0.2) is 16.0 Å². The Morgan fingerprint density at radius 2 is 2.00 bits per heavy atom. The SMILES string of the molecule is Nc1ccccc1C[SeH]. The molecule has 1 rings (SSSR count). The minimum absolute atomic E-state index is 0.887. The van der Waals surface area contributed by atoms with Crippen LogP contribution in [0.4, 0.5) is 5.69 Å². The van der Waals surface area contributed by atoms with Crippen molar-refractivity contribution in [3.8, 4) is 0 Å². The Kier molecular flexibility index (Phi) is 2.15. The molecule has 0 aromatic heterocycles. The molecule has 0 saturated heterocycles. The first-order chi connectivity index (χ1) is 4.34. The van der Waals surface area contributed by atoms with Crippen molar-refractivity contribution in [1.82, 2.24) is 0 Å². The molecule has 0 fully saturated rings. The Balaban J connectivity index is 3.01. The summed E-state index contributed by atoms with van der Waals surface area (Å²) in [5, 5.41) is 0.958.